The van der Waals surface area contributed by atoms with Gasteiger partial charge in [0.25, 0.3) is 15.9 Å². The summed E-state index contributed by atoms with van der Waals surface area (Å²) in [5.41, 5.74) is 2.13. The third-order valence-corrected chi connectivity index (χ3v) is 6.03. The summed E-state index contributed by atoms with van der Waals surface area (Å²) in [7, 11) is -2.28. The van der Waals surface area contributed by atoms with Gasteiger partial charge in [0.15, 0.2) is 6.61 Å². The van der Waals surface area contributed by atoms with Crippen LogP contribution in [0, 0.1) is 6.92 Å². The van der Waals surface area contributed by atoms with Crippen LogP contribution in [0.2, 0.25) is 0 Å². The number of hydrogen-bond acceptors (Lipinski definition) is 6. The average molecular weight is 484 g/mol. The molecule has 0 saturated heterocycles. The van der Waals surface area contributed by atoms with Crippen molar-refractivity contribution in [2.75, 3.05) is 29.1 Å². The fourth-order valence-electron chi connectivity index (χ4n) is 3.00. The highest BCUT2D eigenvalue weighted by atomic mass is 32.2. The third kappa shape index (κ3) is 6.72. The van der Waals surface area contributed by atoms with Crippen LogP contribution in [0.25, 0.3) is 0 Å². The summed E-state index contributed by atoms with van der Waals surface area (Å²) in [6.45, 7) is 2.85. The zero-order valence-electron chi connectivity index (χ0n) is 18.9. The van der Waals surface area contributed by atoms with E-state index in [4.69, 9.17) is 9.47 Å². The Hall–Kier alpha value is -4.05. The molecule has 0 spiro atoms. The number of nitrogens with one attached hydrogen (secondary N) is 3. The van der Waals surface area contributed by atoms with Crippen molar-refractivity contribution in [2.45, 2.75) is 18.7 Å². The fraction of sp³-hybridized carbons (Fsp3) is 0.167. The predicted molar refractivity (Wildman–Crippen MR) is 130 cm³/mol. The average Bonchev–Trinajstić information content (AvgIpc) is 2.79. The van der Waals surface area contributed by atoms with E-state index in [2.05, 4.69) is 15.4 Å². The van der Waals surface area contributed by atoms with Gasteiger partial charge in [-0.1, -0.05) is 0 Å². The Balaban J connectivity index is 1.58. The highest BCUT2D eigenvalue weighted by molar-refractivity contribution is 7.92. The molecule has 0 heterocycles. The van der Waals surface area contributed by atoms with Crippen molar-refractivity contribution < 1.29 is 27.5 Å². The van der Waals surface area contributed by atoms with E-state index >= 15 is 0 Å². The Morgan fingerprint density at radius 1 is 0.853 bits per heavy atom. The van der Waals surface area contributed by atoms with E-state index in [0.717, 1.165) is 0 Å². The summed E-state index contributed by atoms with van der Waals surface area (Å²) >= 11 is 0. The lowest BCUT2D eigenvalue weighted by Crippen LogP contribution is -2.20. The standard InChI is InChI=1S/C24H25N3O6S/c1-16-14-22(34(30,31)27-20-8-10-21(32-3)11-9-20)12-13-23(16)33-15-24(29)26-19-6-4-18(5-7-19)25-17(2)28/h4-14,27H,15H2,1-3H3,(H,25,28)(H,26,29). The van der Waals surface area contributed by atoms with Gasteiger partial charge in [-0.25, -0.2) is 8.42 Å². The van der Waals surface area contributed by atoms with Crippen LogP contribution in [0.4, 0.5) is 17.1 Å². The number of carbonyl (C=O) groups is 2. The van der Waals surface area contributed by atoms with Crippen LogP contribution in [-0.2, 0) is 19.6 Å². The van der Waals surface area contributed by atoms with Gasteiger partial charge in [-0.3, -0.25) is 14.3 Å². The van der Waals surface area contributed by atoms with Crippen molar-refractivity contribution in [3.05, 3.63) is 72.3 Å². The third-order valence-electron chi connectivity index (χ3n) is 4.65. The number of ether oxygens (including phenoxy) is 2. The molecule has 34 heavy (non-hydrogen) atoms. The SMILES string of the molecule is COc1ccc(NS(=O)(=O)c2ccc(OCC(=O)Nc3ccc(NC(C)=O)cc3)c(C)c2)cc1. The van der Waals surface area contributed by atoms with Crippen molar-refractivity contribution in [1.82, 2.24) is 0 Å². The van der Waals surface area contributed by atoms with Gasteiger partial charge in [0.1, 0.15) is 11.5 Å². The summed E-state index contributed by atoms with van der Waals surface area (Å²) < 4.78 is 38.5. The van der Waals surface area contributed by atoms with Gasteiger partial charge in [-0.05, 0) is 79.2 Å². The molecule has 0 saturated carbocycles. The second-order valence-corrected chi connectivity index (χ2v) is 9.04. The van der Waals surface area contributed by atoms with Crippen LogP contribution in [-0.4, -0.2) is 33.9 Å². The van der Waals surface area contributed by atoms with Gasteiger partial charge in [-0.2, -0.15) is 0 Å². The topological polar surface area (TPSA) is 123 Å². The molecule has 3 aromatic rings. The minimum Gasteiger partial charge on any atom is -0.497 e. The first-order valence-corrected chi connectivity index (χ1v) is 11.7. The molecule has 3 rings (SSSR count). The summed E-state index contributed by atoms with van der Waals surface area (Å²) in [5.74, 6) is 0.436. The molecule has 2 amide bonds. The number of aryl methyl sites for hydroxylation is 1. The quantitative estimate of drug-likeness (QED) is 0.426. The second kappa shape index (κ2) is 10.7. The lowest BCUT2D eigenvalue weighted by molar-refractivity contribution is -0.118. The molecular weight excluding hydrogens is 458 g/mol. The van der Waals surface area contributed by atoms with Gasteiger partial charge in [0.2, 0.25) is 5.91 Å². The molecule has 0 aliphatic heterocycles. The summed E-state index contributed by atoms with van der Waals surface area (Å²) in [5, 5.41) is 5.33. The van der Waals surface area contributed by atoms with Gasteiger partial charge in [0.05, 0.1) is 12.0 Å². The van der Waals surface area contributed by atoms with E-state index in [1.165, 1.54) is 32.2 Å². The van der Waals surface area contributed by atoms with Crippen LogP contribution in [0.3, 0.4) is 0 Å². The fourth-order valence-corrected chi connectivity index (χ4v) is 4.15. The highest BCUT2D eigenvalue weighted by Crippen LogP contribution is 2.24. The van der Waals surface area contributed by atoms with E-state index in [1.54, 1.807) is 55.5 Å². The maximum Gasteiger partial charge on any atom is 0.262 e. The van der Waals surface area contributed by atoms with Crippen molar-refractivity contribution >= 4 is 38.9 Å². The Morgan fingerprint density at radius 3 is 2.00 bits per heavy atom. The zero-order chi connectivity index (χ0) is 24.7. The monoisotopic (exact) mass is 483 g/mol. The lowest BCUT2D eigenvalue weighted by Gasteiger charge is -2.13. The Labute approximate surface area is 198 Å². The molecule has 0 aliphatic carbocycles. The minimum atomic E-state index is -3.81. The van der Waals surface area contributed by atoms with E-state index in [0.29, 0.717) is 34.1 Å². The van der Waals surface area contributed by atoms with Crippen molar-refractivity contribution in [1.29, 1.82) is 0 Å². The number of amides is 2. The Bertz CT molecular complexity index is 1270. The largest absolute Gasteiger partial charge is 0.497 e. The smallest absolute Gasteiger partial charge is 0.262 e. The van der Waals surface area contributed by atoms with Crippen LogP contribution >= 0.6 is 0 Å². The van der Waals surface area contributed by atoms with E-state index in [9.17, 15) is 18.0 Å². The van der Waals surface area contributed by atoms with Gasteiger partial charge in [-0.15, -0.1) is 0 Å². The predicted octanol–water partition coefficient (Wildman–Crippen LogP) is 3.78. The van der Waals surface area contributed by atoms with Crippen LogP contribution in [0.5, 0.6) is 11.5 Å². The highest BCUT2D eigenvalue weighted by Gasteiger charge is 2.16. The molecule has 178 valence electrons. The number of anilines is 3. The summed E-state index contributed by atoms with van der Waals surface area (Å²) in [4.78, 5) is 23.3. The van der Waals surface area contributed by atoms with Crippen LogP contribution < -0.4 is 24.8 Å². The van der Waals surface area contributed by atoms with Gasteiger partial charge < -0.3 is 20.1 Å². The molecule has 0 fully saturated rings. The summed E-state index contributed by atoms with van der Waals surface area (Å²) in [6.07, 6.45) is 0. The van der Waals surface area contributed by atoms with Crippen molar-refractivity contribution in [3.63, 3.8) is 0 Å². The zero-order valence-corrected chi connectivity index (χ0v) is 19.7. The molecular formula is C24H25N3O6S. The first-order valence-electron chi connectivity index (χ1n) is 10.2. The van der Waals surface area contributed by atoms with Crippen molar-refractivity contribution in [2.24, 2.45) is 0 Å². The number of hydrogen-bond donors (Lipinski definition) is 3. The molecule has 10 heteroatoms. The molecule has 0 aliphatic rings. The number of benzene rings is 3. The maximum atomic E-state index is 12.7. The molecule has 9 nitrogen and oxygen atoms in total. The number of sulfonamides is 1. The molecule has 3 aromatic carbocycles. The lowest BCUT2D eigenvalue weighted by atomic mass is 10.2. The van der Waals surface area contributed by atoms with Gasteiger partial charge in [0, 0.05) is 24.0 Å². The first kappa shape index (κ1) is 24.6. The Kier molecular flexibility index (Phi) is 7.75. The van der Waals surface area contributed by atoms with Gasteiger partial charge >= 0.3 is 0 Å². The Morgan fingerprint density at radius 2 is 1.44 bits per heavy atom. The molecule has 0 aromatic heterocycles. The van der Waals surface area contributed by atoms with Crippen molar-refractivity contribution in [3.8, 4) is 11.5 Å². The molecule has 0 unspecified atom stereocenters. The second-order valence-electron chi connectivity index (χ2n) is 7.36. The molecule has 0 radical (unpaired) electrons. The number of carbonyl (C=O) groups excluding carboxylic acids is 2. The van der Waals surface area contributed by atoms with E-state index in [1.807, 2.05) is 0 Å². The summed E-state index contributed by atoms with van der Waals surface area (Å²) in [6, 6.07) is 17.6. The van der Waals surface area contributed by atoms with Crippen LogP contribution in [0.15, 0.2) is 71.6 Å². The van der Waals surface area contributed by atoms with Crippen LogP contribution in [0.1, 0.15) is 12.5 Å². The molecule has 0 atom stereocenters. The number of rotatable bonds is 9. The maximum absolute atomic E-state index is 12.7. The first-order chi connectivity index (χ1) is 16.2. The van der Waals surface area contributed by atoms with E-state index < -0.39 is 10.0 Å². The molecule has 0 bridgehead atoms. The minimum absolute atomic E-state index is 0.0666. The normalized spacial score (nSPS) is 10.8. The number of methoxy groups -OCH3 is 1. The molecule has 3 N–H and O–H groups in total. The van der Waals surface area contributed by atoms with E-state index in [-0.39, 0.29) is 23.3 Å².